The van der Waals surface area contributed by atoms with Gasteiger partial charge in [-0.3, -0.25) is 10.1 Å². The molecule has 3 rings (SSSR count). The molecular weight excluding hydrogens is 348 g/mol. The van der Waals surface area contributed by atoms with Crippen molar-refractivity contribution in [1.82, 2.24) is 5.32 Å². The van der Waals surface area contributed by atoms with Gasteiger partial charge in [-0.1, -0.05) is 17.7 Å². The SMILES string of the molecule is Cc1ccc(Cl)cc1NC(=S)NC(=O)c1ccc2c(c1)OCCO2. The van der Waals surface area contributed by atoms with Gasteiger partial charge >= 0.3 is 0 Å². The third-order valence-electron chi connectivity index (χ3n) is 3.48. The highest BCUT2D eigenvalue weighted by molar-refractivity contribution is 7.80. The highest BCUT2D eigenvalue weighted by Gasteiger charge is 2.15. The van der Waals surface area contributed by atoms with E-state index in [-0.39, 0.29) is 11.0 Å². The van der Waals surface area contributed by atoms with Gasteiger partial charge in [-0.2, -0.15) is 0 Å². The minimum absolute atomic E-state index is 0.195. The number of anilines is 1. The number of carbonyl (C=O) groups is 1. The van der Waals surface area contributed by atoms with E-state index in [0.29, 0.717) is 35.3 Å². The Balaban J connectivity index is 1.68. The van der Waals surface area contributed by atoms with Crippen LogP contribution in [0, 0.1) is 6.92 Å². The second kappa shape index (κ2) is 7.07. The topological polar surface area (TPSA) is 59.6 Å². The summed E-state index contributed by atoms with van der Waals surface area (Å²) in [7, 11) is 0. The molecule has 0 atom stereocenters. The summed E-state index contributed by atoms with van der Waals surface area (Å²) < 4.78 is 10.9. The fourth-order valence-corrected chi connectivity index (χ4v) is 2.62. The molecule has 24 heavy (non-hydrogen) atoms. The fourth-order valence-electron chi connectivity index (χ4n) is 2.24. The second-order valence-electron chi connectivity index (χ2n) is 5.23. The maximum Gasteiger partial charge on any atom is 0.257 e. The van der Waals surface area contributed by atoms with Crippen molar-refractivity contribution in [2.24, 2.45) is 0 Å². The fraction of sp³-hybridized carbons (Fsp3) is 0.176. The van der Waals surface area contributed by atoms with Crippen molar-refractivity contribution in [2.45, 2.75) is 6.92 Å². The number of fused-ring (bicyclic) bond motifs is 1. The molecule has 0 bridgehead atoms. The number of hydrogen-bond acceptors (Lipinski definition) is 4. The van der Waals surface area contributed by atoms with Gasteiger partial charge in [-0.05, 0) is 55.0 Å². The van der Waals surface area contributed by atoms with Crippen LogP contribution in [0.15, 0.2) is 36.4 Å². The van der Waals surface area contributed by atoms with Crippen LogP contribution in [0.3, 0.4) is 0 Å². The normalized spacial score (nSPS) is 12.4. The zero-order chi connectivity index (χ0) is 17.1. The van der Waals surface area contributed by atoms with Gasteiger partial charge in [0.05, 0.1) is 0 Å². The maximum absolute atomic E-state index is 12.3. The molecule has 0 aromatic heterocycles. The molecule has 5 nitrogen and oxygen atoms in total. The van der Waals surface area contributed by atoms with E-state index in [0.717, 1.165) is 11.3 Å². The lowest BCUT2D eigenvalue weighted by Crippen LogP contribution is -2.34. The van der Waals surface area contributed by atoms with Gasteiger partial charge in [0.25, 0.3) is 5.91 Å². The van der Waals surface area contributed by atoms with E-state index in [1.807, 2.05) is 13.0 Å². The van der Waals surface area contributed by atoms with E-state index < -0.39 is 0 Å². The number of carbonyl (C=O) groups excluding carboxylic acids is 1. The van der Waals surface area contributed by atoms with Gasteiger partial charge in [0, 0.05) is 16.3 Å². The first-order valence-corrected chi connectivity index (χ1v) is 8.10. The van der Waals surface area contributed by atoms with Gasteiger partial charge in [0.2, 0.25) is 0 Å². The lowest BCUT2D eigenvalue weighted by molar-refractivity contribution is 0.0976. The van der Waals surface area contributed by atoms with Crippen LogP contribution in [0.2, 0.25) is 5.02 Å². The molecule has 1 aliphatic rings. The van der Waals surface area contributed by atoms with E-state index >= 15 is 0 Å². The molecule has 0 saturated carbocycles. The Morgan fingerprint density at radius 3 is 2.67 bits per heavy atom. The first-order valence-electron chi connectivity index (χ1n) is 7.31. The predicted octanol–water partition coefficient (Wildman–Crippen LogP) is 3.55. The lowest BCUT2D eigenvalue weighted by atomic mass is 10.2. The highest BCUT2D eigenvalue weighted by atomic mass is 35.5. The Morgan fingerprint density at radius 1 is 1.12 bits per heavy atom. The van der Waals surface area contributed by atoms with Crippen LogP contribution < -0.4 is 20.1 Å². The molecule has 0 fully saturated rings. The summed E-state index contributed by atoms with van der Waals surface area (Å²) in [5.41, 5.74) is 2.15. The number of thiocarbonyl (C=S) groups is 1. The number of nitrogens with one attached hydrogen (secondary N) is 2. The summed E-state index contributed by atoms with van der Waals surface area (Å²) in [6.07, 6.45) is 0. The molecule has 2 aromatic carbocycles. The summed E-state index contributed by atoms with van der Waals surface area (Å²) in [5, 5.41) is 6.40. The molecule has 1 heterocycles. The van der Waals surface area contributed by atoms with E-state index in [2.05, 4.69) is 10.6 Å². The van der Waals surface area contributed by atoms with E-state index in [9.17, 15) is 4.79 Å². The van der Waals surface area contributed by atoms with Crippen molar-refractivity contribution >= 4 is 40.5 Å². The van der Waals surface area contributed by atoms with Crippen LogP contribution in [0.5, 0.6) is 11.5 Å². The molecule has 0 spiro atoms. The second-order valence-corrected chi connectivity index (χ2v) is 6.07. The van der Waals surface area contributed by atoms with Crippen LogP contribution in [-0.4, -0.2) is 24.2 Å². The van der Waals surface area contributed by atoms with E-state index in [4.69, 9.17) is 33.3 Å². The zero-order valence-electron chi connectivity index (χ0n) is 12.9. The molecule has 1 aliphatic heterocycles. The number of halogens is 1. The minimum Gasteiger partial charge on any atom is -0.486 e. The lowest BCUT2D eigenvalue weighted by Gasteiger charge is -2.19. The number of amides is 1. The van der Waals surface area contributed by atoms with Gasteiger partial charge < -0.3 is 14.8 Å². The van der Waals surface area contributed by atoms with Crippen LogP contribution >= 0.6 is 23.8 Å². The average Bonchev–Trinajstić information content (AvgIpc) is 2.57. The molecular formula is C17H15ClN2O3S. The van der Waals surface area contributed by atoms with Crippen molar-refractivity contribution in [1.29, 1.82) is 0 Å². The standard InChI is InChI=1S/C17H15ClN2O3S/c1-10-2-4-12(18)9-13(10)19-17(24)20-16(21)11-3-5-14-15(8-11)23-7-6-22-14/h2-5,8-9H,6-7H2,1H3,(H2,19,20,21,24). The van der Waals surface area contributed by atoms with E-state index in [1.54, 1.807) is 30.3 Å². The quantitative estimate of drug-likeness (QED) is 0.800. The summed E-state index contributed by atoms with van der Waals surface area (Å²) in [6.45, 7) is 2.89. The molecule has 0 radical (unpaired) electrons. The molecule has 0 aliphatic carbocycles. The van der Waals surface area contributed by atoms with Gasteiger partial charge in [0.15, 0.2) is 16.6 Å². The molecule has 0 saturated heterocycles. The van der Waals surface area contributed by atoms with Crippen LogP contribution in [0.25, 0.3) is 0 Å². The Labute approximate surface area is 149 Å². The molecule has 7 heteroatoms. The highest BCUT2D eigenvalue weighted by Crippen LogP contribution is 2.30. The van der Waals surface area contributed by atoms with Crippen molar-refractivity contribution in [3.05, 3.63) is 52.5 Å². The number of aryl methyl sites for hydroxylation is 1. The average molecular weight is 363 g/mol. The van der Waals surface area contributed by atoms with E-state index in [1.165, 1.54) is 0 Å². The predicted molar refractivity (Wildman–Crippen MR) is 97.3 cm³/mol. The summed E-state index contributed by atoms with van der Waals surface area (Å²) in [5.74, 6) is 0.857. The number of rotatable bonds is 2. The summed E-state index contributed by atoms with van der Waals surface area (Å²) in [4.78, 5) is 12.3. The number of benzene rings is 2. The van der Waals surface area contributed by atoms with Crippen molar-refractivity contribution in [3.8, 4) is 11.5 Å². The third-order valence-corrected chi connectivity index (χ3v) is 3.92. The van der Waals surface area contributed by atoms with Crippen LogP contribution in [-0.2, 0) is 0 Å². The van der Waals surface area contributed by atoms with Crippen molar-refractivity contribution in [3.63, 3.8) is 0 Å². The Bertz CT molecular complexity index is 810. The summed E-state index contributed by atoms with van der Waals surface area (Å²) in [6, 6.07) is 10.4. The molecule has 2 aromatic rings. The van der Waals surface area contributed by atoms with Crippen molar-refractivity contribution in [2.75, 3.05) is 18.5 Å². The third kappa shape index (κ3) is 3.77. The Morgan fingerprint density at radius 2 is 1.88 bits per heavy atom. The van der Waals surface area contributed by atoms with Gasteiger partial charge in [0.1, 0.15) is 13.2 Å². The molecule has 124 valence electrons. The van der Waals surface area contributed by atoms with Gasteiger partial charge in [-0.15, -0.1) is 0 Å². The molecule has 0 unspecified atom stereocenters. The smallest absolute Gasteiger partial charge is 0.257 e. The number of hydrogen-bond donors (Lipinski definition) is 2. The Kier molecular flexibility index (Phi) is 4.87. The maximum atomic E-state index is 12.3. The number of ether oxygens (including phenoxy) is 2. The first-order chi connectivity index (χ1) is 11.5. The summed E-state index contributed by atoms with van der Waals surface area (Å²) >= 11 is 11.2. The largest absolute Gasteiger partial charge is 0.486 e. The molecule has 1 amide bonds. The minimum atomic E-state index is -0.329. The van der Waals surface area contributed by atoms with Gasteiger partial charge in [-0.25, -0.2) is 0 Å². The zero-order valence-corrected chi connectivity index (χ0v) is 14.5. The van der Waals surface area contributed by atoms with Crippen molar-refractivity contribution < 1.29 is 14.3 Å². The van der Waals surface area contributed by atoms with Crippen LogP contribution in [0.4, 0.5) is 5.69 Å². The molecule has 2 N–H and O–H groups in total. The Hall–Kier alpha value is -2.31. The van der Waals surface area contributed by atoms with Crippen LogP contribution in [0.1, 0.15) is 15.9 Å². The first kappa shape index (κ1) is 16.5. The monoisotopic (exact) mass is 362 g/mol.